The quantitative estimate of drug-likeness (QED) is 0.268. The van der Waals surface area contributed by atoms with Gasteiger partial charge in [-0.25, -0.2) is 19.9 Å². The molecule has 2 aromatic carbocycles. The third-order valence-corrected chi connectivity index (χ3v) is 7.97. The fourth-order valence-electron chi connectivity index (χ4n) is 5.04. The third-order valence-electron chi connectivity index (χ3n) is 7.10. The number of nitrogens with one attached hydrogen (secondary N) is 1. The number of anilines is 2. The Labute approximate surface area is 230 Å². The molecule has 6 rings (SSSR count). The molecule has 1 aliphatic rings. The molecule has 0 aliphatic heterocycles. The Morgan fingerprint density at radius 1 is 1.08 bits per heavy atom. The standard InChI is InChI=1S/C29H29N7O2S/c1-18-16-39-29(32-18)35-28(37)20-10-12-22(13-11-20)36-17-31-24-25(30)33-26(34-27(24)36)21-8-5-9-23(14-21)38-15-19-6-3-2-4-7-19/h2-9,14,16-17,20,22H,10-13,15H2,1H3,(H2,30,33,34)(H,32,35,37)/t20-,22-. The lowest BCUT2D eigenvalue weighted by Crippen LogP contribution is -2.28. The highest BCUT2D eigenvalue weighted by Gasteiger charge is 2.29. The van der Waals surface area contributed by atoms with Gasteiger partial charge in [0, 0.05) is 22.9 Å². The van der Waals surface area contributed by atoms with Crippen molar-refractivity contribution in [1.29, 1.82) is 0 Å². The summed E-state index contributed by atoms with van der Waals surface area (Å²) in [5, 5.41) is 5.57. The molecule has 1 amide bonds. The second-order valence-corrected chi connectivity index (χ2v) is 10.7. The van der Waals surface area contributed by atoms with Gasteiger partial charge in [0.05, 0.1) is 12.0 Å². The number of nitrogens with two attached hydrogens (primary N) is 1. The highest BCUT2D eigenvalue weighted by Crippen LogP contribution is 2.35. The summed E-state index contributed by atoms with van der Waals surface area (Å²) in [5.41, 5.74) is 10.5. The molecule has 10 heteroatoms. The number of imidazole rings is 1. The van der Waals surface area contributed by atoms with Crippen LogP contribution in [0.15, 0.2) is 66.3 Å². The van der Waals surface area contributed by atoms with Crippen LogP contribution in [0.2, 0.25) is 0 Å². The van der Waals surface area contributed by atoms with Crippen LogP contribution >= 0.6 is 11.3 Å². The fourth-order valence-corrected chi connectivity index (χ4v) is 5.73. The molecule has 0 saturated heterocycles. The van der Waals surface area contributed by atoms with Crippen LogP contribution < -0.4 is 15.8 Å². The predicted octanol–water partition coefficient (Wildman–Crippen LogP) is 5.79. The predicted molar refractivity (Wildman–Crippen MR) is 152 cm³/mol. The van der Waals surface area contributed by atoms with Crippen LogP contribution in [0.25, 0.3) is 22.6 Å². The molecule has 1 aliphatic carbocycles. The molecule has 0 unspecified atom stereocenters. The number of fused-ring (bicyclic) bond motifs is 1. The van der Waals surface area contributed by atoms with E-state index in [1.54, 1.807) is 6.33 Å². The van der Waals surface area contributed by atoms with Crippen molar-refractivity contribution < 1.29 is 9.53 Å². The van der Waals surface area contributed by atoms with E-state index in [1.165, 1.54) is 11.3 Å². The zero-order valence-corrected chi connectivity index (χ0v) is 22.4. The van der Waals surface area contributed by atoms with Crippen LogP contribution in [0, 0.1) is 12.8 Å². The summed E-state index contributed by atoms with van der Waals surface area (Å²) in [4.78, 5) is 31.1. The van der Waals surface area contributed by atoms with E-state index in [9.17, 15) is 4.79 Å². The average molecular weight is 540 g/mol. The second kappa shape index (κ2) is 10.8. The lowest BCUT2D eigenvalue weighted by atomic mass is 9.85. The van der Waals surface area contributed by atoms with E-state index < -0.39 is 0 Å². The van der Waals surface area contributed by atoms with E-state index in [0.717, 1.165) is 48.3 Å². The molecule has 3 heterocycles. The van der Waals surface area contributed by atoms with Gasteiger partial charge in [-0.2, -0.15) is 0 Å². The van der Waals surface area contributed by atoms with Gasteiger partial charge in [-0.05, 0) is 50.3 Å². The van der Waals surface area contributed by atoms with Crippen molar-refractivity contribution >= 4 is 39.4 Å². The average Bonchev–Trinajstić information content (AvgIpc) is 3.59. The molecule has 3 aromatic heterocycles. The van der Waals surface area contributed by atoms with Crippen molar-refractivity contribution in [3.8, 4) is 17.1 Å². The molecule has 0 atom stereocenters. The van der Waals surface area contributed by atoms with Crippen molar-refractivity contribution in [3.63, 3.8) is 0 Å². The lowest BCUT2D eigenvalue weighted by Gasteiger charge is -2.28. The monoisotopic (exact) mass is 539 g/mol. The number of ether oxygens (including phenoxy) is 1. The molecule has 3 N–H and O–H groups in total. The number of carbonyl (C=O) groups is 1. The van der Waals surface area contributed by atoms with Gasteiger partial charge in [0.25, 0.3) is 0 Å². The van der Waals surface area contributed by atoms with Crippen LogP contribution in [0.5, 0.6) is 5.75 Å². The number of rotatable bonds is 7. The van der Waals surface area contributed by atoms with Gasteiger partial charge in [-0.1, -0.05) is 42.5 Å². The second-order valence-electron chi connectivity index (χ2n) is 9.85. The Morgan fingerprint density at radius 3 is 2.67 bits per heavy atom. The van der Waals surface area contributed by atoms with E-state index in [1.807, 2.05) is 66.9 Å². The maximum absolute atomic E-state index is 12.8. The Morgan fingerprint density at radius 2 is 1.90 bits per heavy atom. The highest BCUT2D eigenvalue weighted by molar-refractivity contribution is 7.13. The highest BCUT2D eigenvalue weighted by atomic mass is 32.1. The molecular formula is C29H29N7O2S. The molecule has 1 fully saturated rings. The van der Waals surface area contributed by atoms with Crippen LogP contribution in [0.1, 0.15) is 43.0 Å². The number of aromatic nitrogens is 5. The summed E-state index contributed by atoms with van der Waals surface area (Å²) in [5.74, 6) is 1.61. The SMILES string of the molecule is Cc1csc(NC(=O)[C@H]2CC[C@H](n3cnc4c(N)nc(-c5cccc(OCc6ccccc6)c5)nc43)CC2)n1. The number of aryl methyl sites for hydroxylation is 1. The maximum atomic E-state index is 12.8. The molecular weight excluding hydrogens is 510 g/mol. The molecule has 1 saturated carbocycles. The van der Waals surface area contributed by atoms with Gasteiger partial charge in [0.15, 0.2) is 22.4 Å². The minimum atomic E-state index is -0.0332. The minimum Gasteiger partial charge on any atom is -0.489 e. The maximum Gasteiger partial charge on any atom is 0.229 e. The summed E-state index contributed by atoms with van der Waals surface area (Å²) in [6.07, 6.45) is 5.07. The first kappa shape index (κ1) is 25.0. The normalized spacial score (nSPS) is 17.3. The smallest absolute Gasteiger partial charge is 0.229 e. The van der Waals surface area contributed by atoms with Crippen LogP contribution in [0.3, 0.4) is 0 Å². The Balaban J connectivity index is 1.18. The Hall–Kier alpha value is -4.31. The summed E-state index contributed by atoms with van der Waals surface area (Å²) >= 11 is 1.46. The number of nitrogen functional groups attached to an aromatic ring is 1. The summed E-state index contributed by atoms with van der Waals surface area (Å²) in [7, 11) is 0. The third kappa shape index (κ3) is 5.46. The molecule has 39 heavy (non-hydrogen) atoms. The molecule has 0 spiro atoms. The van der Waals surface area contributed by atoms with Crippen LogP contribution in [-0.4, -0.2) is 30.4 Å². The number of thiazole rings is 1. The van der Waals surface area contributed by atoms with Gasteiger partial charge < -0.3 is 20.4 Å². The van der Waals surface area contributed by atoms with Crippen LogP contribution in [0.4, 0.5) is 10.9 Å². The summed E-state index contributed by atoms with van der Waals surface area (Å²) in [6, 6.07) is 17.9. The van der Waals surface area contributed by atoms with Crippen molar-refractivity contribution in [2.24, 2.45) is 5.92 Å². The molecule has 5 aromatic rings. The van der Waals surface area contributed by atoms with Crippen molar-refractivity contribution in [2.45, 2.75) is 45.3 Å². The molecule has 9 nitrogen and oxygen atoms in total. The van der Waals surface area contributed by atoms with E-state index in [2.05, 4.69) is 24.8 Å². The number of carbonyl (C=O) groups excluding carboxylic acids is 1. The number of nitrogens with zero attached hydrogens (tertiary/aromatic N) is 5. The van der Waals surface area contributed by atoms with Crippen LogP contribution in [-0.2, 0) is 11.4 Å². The van der Waals surface area contributed by atoms with Gasteiger partial charge in [0.1, 0.15) is 17.9 Å². The van der Waals surface area contributed by atoms with Gasteiger partial charge >= 0.3 is 0 Å². The van der Waals surface area contributed by atoms with E-state index in [0.29, 0.717) is 34.5 Å². The van der Waals surface area contributed by atoms with E-state index in [4.69, 9.17) is 15.5 Å². The first-order valence-corrected chi connectivity index (χ1v) is 13.9. The lowest BCUT2D eigenvalue weighted by molar-refractivity contribution is -0.120. The number of hydrogen-bond acceptors (Lipinski definition) is 8. The number of hydrogen-bond donors (Lipinski definition) is 2. The molecule has 198 valence electrons. The zero-order chi connectivity index (χ0) is 26.8. The largest absolute Gasteiger partial charge is 0.489 e. The van der Waals surface area contributed by atoms with Gasteiger partial charge in [0.2, 0.25) is 5.91 Å². The first-order valence-electron chi connectivity index (χ1n) is 13.0. The van der Waals surface area contributed by atoms with Crippen molar-refractivity contribution in [2.75, 3.05) is 11.1 Å². The summed E-state index contributed by atoms with van der Waals surface area (Å²) < 4.78 is 8.09. The van der Waals surface area contributed by atoms with Gasteiger partial charge in [-0.15, -0.1) is 11.3 Å². The van der Waals surface area contributed by atoms with Gasteiger partial charge in [-0.3, -0.25) is 4.79 Å². The van der Waals surface area contributed by atoms with Crippen molar-refractivity contribution in [1.82, 2.24) is 24.5 Å². The number of benzene rings is 2. The zero-order valence-electron chi connectivity index (χ0n) is 21.6. The molecule has 0 bridgehead atoms. The first-order chi connectivity index (χ1) is 19.0. The summed E-state index contributed by atoms with van der Waals surface area (Å²) in [6.45, 7) is 2.40. The molecule has 0 radical (unpaired) electrons. The Bertz CT molecular complexity index is 1610. The Kier molecular flexibility index (Phi) is 6.93. The van der Waals surface area contributed by atoms with Crippen molar-refractivity contribution in [3.05, 3.63) is 77.6 Å². The van der Waals surface area contributed by atoms with E-state index >= 15 is 0 Å². The number of amides is 1. The van der Waals surface area contributed by atoms with E-state index in [-0.39, 0.29) is 17.9 Å². The minimum absolute atomic E-state index is 0.0332. The topological polar surface area (TPSA) is 121 Å². The fraction of sp³-hybridized carbons (Fsp3) is 0.276.